The van der Waals surface area contributed by atoms with Gasteiger partial charge in [-0.3, -0.25) is 24.5 Å². The third-order valence-electron chi connectivity index (χ3n) is 14.2. The molecule has 5 aromatic carbocycles. The van der Waals surface area contributed by atoms with Gasteiger partial charge in [-0.05, 0) is 63.1 Å². The number of fused-ring (bicyclic) bond motifs is 3. The van der Waals surface area contributed by atoms with Gasteiger partial charge in [-0.1, -0.05) is 109 Å². The second-order valence-electron chi connectivity index (χ2n) is 19.7. The van der Waals surface area contributed by atoms with Crippen LogP contribution in [0.5, 0.6) is 11.5 Å². The highest BCUT2D eigenvalue weighted by atomic mass is 31.2. The second-order valence-corrected chi connectivity index (χ2v) is 21.1. The van der Waals surface area contributed by atoms with Crippen molar-refractivity contribution in [2.45, 2.75) is 101 Å². The maximum atomic E-state index is 15.3. The molecule has 1 amide bonds. The first-order valence-corrected chi connectivity index (χ1v) is 27.0. The molecular formula is C58H62FN8O9P. The molecule has 400 valence electrons. The van der Waals surface area contributed by atoms with Crippen molar-refractivity contribution in [3.8, 4) is 17.6 Å². The number of rotatable bonds is 20. The number of H-pyrrole nitrogens is 1. The summed E-state index contributed by atoms with van der Waals surface area (Å²) in [6.07, 6.45) is -2.04. The van der Waals surface area contributed by atoms with Gasteiger partial charge in [-0.2, -0.15) is 10.2 Å². The molecule has 7 aromatic rings. The highest BCUT2D eigenvalue weighted by Crippen LogP contribution is 2.55. The second kappa shape index (κ2) is 23.4. The summed E-state index contributed by atoms with van der Waals surface area (Å²) in [6, 6.07) is 43.4. The number of nitrogens with one attached hydrogen (secondary N) is 2. The number of amides is 1. The number of methoxy groups -OCH3 is 1. The first-order valence-electron chi connectivity index (χ1n) is 25.9. The number of carbonyl (C=O) groups excluding carboxylic acids is 1. The summed E-state index contributed by atoms with van der Waals surface area (Å²) in [6.45, 7) is 8.93. The maximum Gasteiger partial charge on any atom is 0.280 e. The fraction of sp³-hybridized carbons (Fsp3) is 0.362. The van der Waals surface area contributed by atoms with Crippen LogP contribution in [0, 0.1) is 17.1 Å². The van der Waals surface area contributed by atoms with Gasteiger partial charge in [0.1, 0.15) is 35.6 Å². The van der Waals surface area contributed by atoms with Gasteiger partial charge < -0.3 is 37.6 Å². The zero-order valence-corrected chi connectivity index (χ0v) is 44.5. The fourth-order valence-corrected chi connectivity index (χ4v) is 12.4. The number of carbonyl (C=O) groups is 1. The van der Waals surface area contributed by atoms with Crippen LogP contribution in [0.15, 0.2) is 145 Å². The van der Waals surface area contributed by atoms with E-state index in [0.717, 1.165) is 22.3 Å². The Bertz CT molecular complexity index is 3210. The third-order valence-corrected chi connectivity index (χ3v) is 16.3. The van der Waals surface area contributed by atoms with Crippen molar-refractivity contribution < 1.29 is 41.9 Å². The zero-order chi connectivity index (χ0) is 53.7. The van der Waals surface area contributed by atoms with Crippen LogP contribution < -0.4 is 20.5 Å². The van der Waals surface area contributed by atoms with Crippen molar-refractivity contribution in [1.29, 1.82) is 5.26 Å². The van der Waals surface area contributed by atoms with Crippen LogP contribution in [0.3, 0.4) is 0 Å². The molecule has 3 aliphatic rings. The lowest BCUT2D eigenvalue weighted by atomic mass is 9.77. The quantitative estimate of drug-likeness (QED) is 0.0417. The molecule has 2 N–H and O–H groups in total. The van der Waals surface area contributed by atoms with Crippen molar-refractivity contribution in [3.05, 3.63) is 178 Å². The smallest absolute Gasteiger partial charge is 0.280 e. The highest BCUT2D eigenvalue weighted by Gasteiger charge is 2.55. The number of piperidine rings is 1. The van der Waals surface area contributed by atoms with E-state index >= 15 is 4.39 Å². The number of hydrogen-bond acceptors (Lipinski definition) is 14. The standard InChI is InChI=1S/C58H62FN8O9P/c1-38(2)67(39(3)4)77(72-34-18-31-60)76-51-48(36-71-58(41-21-10-7-11-22-41)42-23-12-16-27-46(42)73-47-28-17-13-24-43(47)58)74-55(52(51)75-57(70-5)29-32-65(33-30-57)45-26-15-14-25-44(45)59)66-37-61-50-53(66)63-56(64-54(50)69)62-49(68)35-40-19-8-6-9-20-40/h6-17,19-28,37-39,48,51-52,55H,18,29-30,32-36H2,1-5H3,(H2,62,63,64,68,69)/t48-,51-,52-,55-,77?/m1/s1. The van der Waals surface area contributed by atoms with Crippen LogP contribution in [-0.2, 0) is 44.8 Å². The van der Waals surface area contributed by atoms with E-state index in [0.29, 0.717) is 43.1 Å². The van der Waals surface area contributed by atoms with E-state index in [2.05, 4.69) is 53.7 Å². The zero-order valence-electron chi connectivity index (χ0n) is 43.6. The molecule has 17 nitrogen and oxygen atoms in total. The summed E-state index contributed by atoms with van der Waals surface area (Å²) in [5.41, 5.74) is 1.84. The summed E-state index contributed by atoms with van der Waals surface area (Å²) in [7, 11) is -0.388. The van der Waals surface area contributed by atoms with Crippen molar-refractivity contribution >= 4 is 37.2 Å². The van der Waals surface area contributed by atoms with E-state index in [1.165, 1.54) is 12.4 Å². The molecule has 77 heavy (non-hydrogen) atoms. The average Bonchev–Trinajstić information content (AvgIpc) is 4.02. The van der Waals surface area contributed by atoms with Crippen molar-refractivity contribution in [2.24, 2.45) is 0 Å². The first kappa shape index (κ1) is 53.5. The minimum Gasteiger partial charge on any atom is -0.457 e. The van der Waals surface area contributed by atoms with E-state index < -0.39 is 55.9 Å². The molecule has 19 heteroatoms. The Hall–Kier alpha value is -6.91. The predicted molar refractivity (Wildman–Crippen MR) is 289 cm³/mol. The third kappa shape index (κ3) is 11.0. The molecule has 0 aliphatic carbocycles. The number of aromatic amines is 1. The van der Waals surface area contributed by atoms with Crippen molar-refractivity contribution in [3.63, 3.8) is 0 Å². The van der Waals surface area contributed by atoms with E-state index in [1.807, 2.05) is 114 Å². The number of halogens is 1. The van der Waals surface area contributed by atoms with E-state index in [9.17, 15) is 14.9 Å². The molecule has 1 unspecified atom stereocenters. The Morgan fingerprint density at radius 3 is 2.18 bits per heavy atom. The summed E-state index contributed by atoms with van der Waals surface area (Å²) < 4.78 is 68.4. The number of hydrogen-bond donors (Lipinski definition) is 2. The number of anilines is 2. The highest BCUT2D eigenvalue weighted by molar-refractivity contribution is 7.44. The Labute approximate surface area is 447 Å². The molecule has 3 aliphatic heterocycles. The summed E-state index contributed by atoms with van der Waals surface area (Å²) in [4.78, 5) is 41.4. The molecule has 5 heterocycles. The number of benzene rings is 5. The molecule has 2 saturated heterocycles. The number of para-hydroxylation sites is 3. The minimum absolute atomic E-state index is 0.0171. The topological polar surface area (TPSA) is 188 Å². The van der Waals surface area contributed by atoms with E-state index in [4.69, 9.17) is 37.7 Å². The monoisotopic (exact) mass is 1060 g/mol. The van der Waals surface area contributed by atoms with Crippen LogP contribution in [0.4, 0.5) is 16.0 Å². The van der Waals surface area contributed by atoms with Crippen LogP contribution in [0.25, 0.3) is 11.2 Å². The minimum atomic E-state index is -1.97. The maximum absolute atomic E-state index is 15.3. The summed E-state index contributed by atoms with van der Waals surface area (Å²) in [5, 5.41) is 12.5. The van der Waals surface area contributed by atoms with Gasteiger partial charge in [0.25, 0.3) is 14.1 Å². The average molecular weight is 1070 g/mol. The fourth-order valence-electron chi connectivity index (χ4n) is 10.6. The van der Waals surface area contributed by atoms with Crippen LogP contribution >= 0.6 is 8.53 Å². The van der Waals surface area contributed by atoms with E-state index in [1.54, 1.807) is 29.9 Å². The number of aromatic nitrogens is 4. The number of nitrogens with zero attached hydrogens (tertiary/aromatic N) is 6. The van der Waals surface area contributed by atoms with Gasteiger partial charge in [0, 0.05) is 56.3 Å². The molecule has 0 spiro atoms. The molecule has 5 atom stereocenters. The Balaban J connectivity index is 1.11. The van der Waals surface area contributed by atoms with Crippen LogP contribution in [-0.4, -0.2) is 99.7 Å². The normalized spacial score (nSPS) is 19.9. The lowest BCUT2D eigenvalue weighted by Gasteiger charge is -2.44. The lowest BCUT2D eigenvalue weighted by Crippen LogP contribution is -2.52. The number of ether oxygens (including phenoxy) is 5. The Morgan fingerprint density at radius 2 is 1.53 bits per heavy atom. The SMILES string of the molecule is COC1(O[C@@H]2[C@H](OP(OCCC#N)N(C(C)C)C(C)C)[C@@H](COC3(c4ccccc4)c4ccccc4Oc4ccccc43)O[C@H]2n2cnc3c(=O)[nH]c(NC(=O)Cc4ccccc4)nc32)CCN(c2ccccc2F)CC1. The lowest BCUT2D eigenvalue weighted by molar-refractivity contribution is -0.274. The van der Waals surface area contributed by atoms with Gasteiger partial charge in [0.15, 0.2) is 28.8 Å². The summed E-state index contributed by atoms with van der Waals surface area (Å²) >= 11 is 0. The molecule has 0 radical (unpaired) electrons. The van der Waals surface area contributed by atoms with Gasteiger partial charge in [0.2, 0.25) is 11.9 Å². The van der Waals surface area contributed by atoms with Gasteiger partial charge in [-0.15, -0.1) is 0 Å². The molecule has 2 aromatic heterocycles. The van der Waals surface area contributed by atoms with Gasteiger partial charge in [-0.25, -0.2) is 14.0 Å². The molecule has 10 rings (SSSR count). The first-order chi connectivity index (χ1) is 37.4. The molecule has 0 bridgehead atoms. The number of imidazole rings is 1. The van der Waals surface area contributed by atoms with Crippen LogP contribution in [0.1, 0.15) is 75.4 Å². The van der Waals surface area contributed by atoms with Crippen molar-refractivity contribution in [1.82, 2.24) is 24.2 Å². The number of nitriles is 1. The Morgan fingerprint density at radius 1 is 0.896 bits per heavy atom. The van der Waals surface area contributed by atoms with Crippen molar-refractivity contribution in [2.75, 3.05) is 43.6 Å². The largest absolute Gasteiger partial charge is 0.457 e. The predicted octanol–water partition coefficient (Wildman–Crippen LogP) is 10.1. The van der Waals surface area contributed by atoms with Gasteiger partial charge >= 0.3 is 0 Å². The molecule has 2 fully saturated rings. The van der Waals surface area contributed by atoms with Gasteiger partial charge in [0.05, 0.1) is 44.1 Å². The van der Waals surface area contributed by atoms with E-state index in [-0.39, 0.29) is 61.1 Å². The molecular weight excluding hydrogens is 1000 g/mol. The Kier molecular flexibility index (Phi) is 16.2. The summed E-state index contributed by atoms with van der Waals surface area (Å²) in [5.74, 6) is -0.882. The molecule has 0 saturated carbocycles. The van der Waals surface area contributed by atoms with Crippen LogP contribution in [0.2, 0.25) is 0 Å².